The molecule has 1 aromatic heterocycles. The van der Waals surface area contributed by atoms with Crippen LogP contribution in [-0.4, -0.2) is 51.3 Å². The summed E-state index contributed by atoms with van der Waals surface area (Å²) in [5.74, 6) is -2.50. The number of nitrogens with one attached hydrogen (secondary N) is 3. The minimum absolute atomic E-state index is 0.104. The van der Waals surface area contributed by atoms with E-state index in [1.165, 1.54) is 24.5 Å². The second-order valence-corrected chi connectivity index (χ2v) is 6.76. The Kier molecular flexibility index (Phi) is 9.12. The van der Waals surface area contributed by atoms with Gasteiger partial charge in [-0.3, -0.25) is 25.0 Å². The summed E-state index contributed by atoms with van der Waals surface area (Å²) in [6, 6.07) is 11.0. The number of benzene rings is 1. The van der Waals surface area contributed by atoms with Gasteiger partial charge in [-0.15, -0.1) is 0 Å². The topological polar surface area (TPSA) is 162 Å². The number of guanidine groups is 1. The number of hydrogen-bond acceptors (Lipinski definition) is 6. The van der Waals surface area contributed by atoms with Crippen LogP contribution in [0.1, 0.15) is 35.2 Å². The summed E-state index contributed by atoms with van der Waals surface area (Å²) in [4.78, 5) is 41.2. The highest BCUT2D eigenvalue weighted by molar-refractivity contribution is 6.07. The number of hydrazine groups is 1. The first-order chi connectivity index (χ1) is 14.9. The standard InChI is InChI=1S/C21H26N6O4/c22-21(23)25-10-4-7-17(20(30)31)27(26-14-15-5-2-1-3-6-15)19(29)13-18(28)16-8-11-24-12-9-16/h1-3,5-6,8-9,11-12,17,26H,4,7,10,13-14H2,(H,30,31)(H4,22,23,25)/t17-/m0/s1. The van der Waals surface area contributed by atoms with Crippen LogP contribution >= 0.6 is 0 Å². The Balaban J connectivity index is 2.14. The number of rotatable bonds is 12. The van der Waals surface area contributed by atoms with Gasteiger partial charge in [-0.1, -0.05) is 30.3 Å². The zero-order chi connectivity index (χ0) is 22.6. The van der Waals surface area contributed by atoms with Crippen molar-refractivity contribution in [3.8, 4) is 0 Å². The molecule has 10 heteroatoms. The molecule has 31 heavy (non-hydrogen) atoms. The van der Waals surface area contributed by atoms with Gasteiger partial charge in [-0.25, -0.2) is 10.2 Å². The predicted octanol–water partition coefficient (Wildman–Crippen LogP) is 0.904. The minimum atomic E-state index is -1.20. The fourth-order valence-corrected chi connectivity index (χ4v) is 2.89. The number of carboxylic acids is 1. The molecule has 2 aromatic rings. The molecule has 0 aliphatic rings. The number of nitrogens with two attached hydrogens (primary N) is 1. The fourth-order valence-electron chi connectivity index (χ4n) is 2.89. The van der Waals surface area contributed by atoms with Crippen LogP contribution in [0.4, 0.5) is 0 Å². The van der Waals surface area contributed by atoms with Crippen molar-refractivity contribution in [2.45, 2.75) is 31.8 Å². The van der Waals surface area contributed by atoms with Crippen molar-refractivity contribution in [3.05, 3.63) is 66.0 Å². The molecular weight excluding hydrogens is 400 g/mol. The number of aliphatic carboxylic acids is 1. The molecule has 0 saturated heterocycles. The number of Topliss-reactive ketones (excluding diaryl/α,β-unsaturated/α-hetero) is 1. The number of nitrogens with zero attached hydrogens (tertiary/aromatic N) is 2. The molecule has 1 atom stereocenters. The molecule has 1 aromatic carbocycles. The highest BCUT2D eigenvalue weighted by atomic mass is 16.4. The molecule has 6 N–H and O–H groups in total. The predicted molar refractivity (Wildman–Crippen MR) is 114 cm³/mol. The number of carbonyl (C=O) groups is 3. The molecule has 0 bridgehead atoms. The van der Waals surface area contributed by atoms with Crippen LogP contribution in [0.25, 0.3) is 0 Å². The summed E-state index contributed by atoms with van der Waals surface area (Å²) >= 11 is 0. The van der Waals surface area contributed by atoms with Gasteiger partial charge in [0.1, 0.15) is 6.04 Å². The number of carbonyl (C=O) groups excluding carboxylic acids is 2. The Labute approximate surface area is 179 Å². The normalized spacial score (nSPS) is 11.4. The van der Waals surface area contributed by atoms with E-state index in [2.05, 4.69) is 15.7 Å². The van der Waals surface area contributed by atoms with Gasteiger partial charge in [-0.2, -0.15) is 0 Å². The smallest absolute Gasteiger partial charge is 0.328 e. The van der Waals surface area contributed by atoms with Crippen LogP contribution < -0.4 is 16.5 Å². The molecular formula is C21H26N6O4. The summed E-state index contributed by atoms with van der Waals surface area (Å²) < 4.78 is 0. The van der Waals surface area contributed by atoms with Crippen LogP contribution in [0.3, 0.4) is 0 Å². The lowest BCUT2D eigenvalue weighted by atomic mass is 10.1. The lowest BCUT2D eigenvalue weighted by Gasteiger charge is -2.29. The SMILES string of the molecule is N=C(N)NCCC[C@@H](C(=O)O)N(NCc1ccccc1)C(=O)CC(=O)c1ccncc1. The van der Waals surface area contributed by atoms with E-state index < -0.39 is 30.1 Å². The van der Waals surface area contributed by atoms with E-state index in [4.69, 9.17) is 11.1 Å². The van der Waals surface area contributed by atoms with Crippen LogP contribution in [0, 0.1) is 5.41 Å². The van der Waals surface area contributed by atoms with Crippen LogP contribution in [0.2, 0.25) is 0 Å². The van der Waals surface area contributed by atoms with E-state index >= 15 is 0 Å². The average molecular weight is 426 g/mol. The second-order valence-electron chi connectivity index (χ2n) is 6.76. The molecule has 1 heterocycles. The number of pyridine rings is 1. The molecule has 164 valence electrons. The van der Waals surface area contributed by atoms with Crippen molar-refractivity contribution >= 4 is 23.6 Å². The quantitative estimate of drug-likeness (QED) is 0.0835. The van der Waals surface area contributed by atoms with Gasteiger partial charge in [0.05, 0.1) is 6.42 Å². The maximum absolute atomic E-state index is 12.9. The van der Waals surface area contributed by atoms with Crippen molar-refractivity contribution in [2.24, 2.45) is 5.73 Å². The van der Waals surface area contributed by atoms with E-state index in [0.29, 0.717) is 12.0 Å². The Morgan fingerprint density at radius 3 is 2.42 bits per heavy atom. The zero-order valence-electron chi connectivity index (χ0n) is 17.0. The van der Waals surface area contributed by atoms with E-state index in [1.807, 2.05) is 30.3 Å². The highest BCUT2D eigenvalue weighted by Gasteiger charge is 2.30. The summed E-state index contributed by atoms with van der Waals surface area (Å²) in [6.45, 7) is 0.501. The molecule has 10 nitrogen and oxygen atoms in total. The Morgan fingerprint density at radius 1 is 1.13 bits per heavy atom. The van der Waals surface area contributed by atoms with Gasteiger partial charge in [0.25, 0.3) is 0 Å². The molecule has 0 aliphatic carbocycles. The molecule has 2 rings (SSSR count). The number of amides is 1. The Bertz CT molecular complexity index is 891. The first-order valence-electron chi connectivity index (χ1n) is 9.72. The monoisotopic (exact) mass is 426 g/mol. The molecule has 1 amide bonds. The van der Waals surface area contributed by atoms with E-state index in [9.17, 15) is 19.5 Å². The minimum Gasteiger partial charge on any atom is -0.480 e. The summed E-state index contributed by atoms with van der Waals surface area (Å²) in [7, 11) is 0. The lowest BCUT2D eigenvalue weighted by molar-refractivity contribution is -0.153. The average Bonchev–Trinajstić information content (AvgIpc) is 2.76. The van der Waals surface area contributed by atoms with E-state index in [-0.39, 0.29) is 25.5 Å². The third-order valence-electron chi connectivity index (χ3n) is 4.45. The van der Waals surface area contributed by atoms with Gasteiger partial charge in [0, 0.05) is 31.0 Å². The highest BCUT2D eigenvalue weighted by Crippen LogP contribution is 2.11. The molecule has 0 spiro atoms. The van der Waals surface area contributed by atoms with Crippen molar-refractivity contribution in [3.63, 3.8) is 0 Å². The molecule has 0 fully saturated rings. The van der Waals surface area contributed by atoms with Crippen molar-refractivity contribution in [1.82, 2.24) is 20.7 Å². The largest absolute Gasteiger partial charge is 0.480 e. The molecule has 0 aliphatic heterocycles. The third kappa shape index (κ3) is 7.86. The van der Waals surface area contributed by atoms with Crippen molar-refractivity contribution in [2.75, 3.05) is 6.54 Å². The first-order valence-corrected chi connectivity index (χ1v) is 9.72. The zero-order valence-corrected chi connectivity index (χ0v) is 17.0. The van der Waals surface area contributed by atoms with Crippen molar-refractivity contribution in [1.29, 1.82) is 5.41 Å². The third-order valence-corrected chi connectivity index (χ3v) is 4.45. The van der Waals surface area contributed by atoms with Gasteiger partial charge in [-0.05, 0) is 30.5 Å². The molecule has 0 unspecified atom stereocenters. The Hall–Kier alpha value is -3.79. The number of aromatic nitrogens is 1. The van der Waals surface area contributed by atoms with E-state index in [1.54, 1.807) is 0 Å². The van der Waals surface area contributed by atoms with Gasteiger partial charge < -0.3 is 16.2 Å². The maximum atomic E-state index is 12.9. The first kappa shape index (κ1) is 23.5. The van der Waals surface area contributed by atoms with Crippen LogP contribution in [0.15, 0.2) is 54.9 Å². The maximum Gasteiger partial charge on any atom is 0.328 e. The van der Waals surface area contributed by atoms with Gasteiger partial charge in [0.15, 0.2) is 11.7 Å². The number of hydrogen-bond donors (Lipinski definition) is 5. The Morgan fingerprint density at radius 2 is 1.81 bits per heavy atom. The van der Waals surface area contributed by atoms with Crippen LogP contribution in [0.5, 0.6) is 0 Å². The summed E-state index contributed by atoms with van der Waals surface area (Å²) in [6.07, 6.45) is 2.87. The van der Waals surface area contributed by atoms with Gasteiger partial charge >= 0.3 is 5.97 Å². The molecule has 0 radical (unpaired) electrons. The lowest BCUT2D eigenvalue weighted by Crippen LogP contribution is -2.53. The second kappa shape index (κ2) is 12.0. The summed E-state index contributed by atoms with van der Waals surface area (Å²) in [5.41, 5.74) is 9.28. The number of carboxylic acid groups (broad SMARTS) is 1. The van der Waals surface area contributed by atoms with E-state index in [0.717, 1.165) is 10.6 Å². The van der Waals surface area contributed by atoms with Crippen molar-refractivity contribution < 1.29 is 19.5 Å². The van der Waals surface area contributed by atoms with Crippen LogP contribution in [-0.2, 0) is 16.1 Å². The summed E-state index contributed by atoms with van der Waals surface area (Å²) in [5, 5.41) is 20.5. The van der Waals surface area contributed by atoms with Gasteiger partial charge in [0.2, 0.25) is 5.91 Å². The fraction of sp³-hybridized carbons (Fsp3) is 0.286. The molecule has 0 saturated carbocycles. The number of ketones is 1.